The molecule has 0 spiro atoms. The molecule has 0 aliphatic heterocycles. The lowest BCUT2D eigenvalue weighted by Crippen LogP contribution is -2.68. The van der Waals surface area contributed by atoms with Crippen LogP contribution in [0.25, 0.3) is 11.0 Å². The van der Waals surface area contributed by atoms with Crippen molar-refractivity contribution in [2.24, 2.45) is 5.41 Å². The molecule has 5 heteroatoms. The van der Waals surface area contributed by atoms with Gasteiger partial charge in [0, 0.05) is 31.0 Å². The van der Waals surface area contributed by atoms with Crippen molar-refractivity contribution in [3.8, 4) is 0 Å². The SMILES string of the molecule is CO[C@@]1(C)C[C@@H](N(C)C(=O)Cc2noc3ccccc23)C1(C)C. The largest absolute Gasteiger partial charge is 0.378 e. The van der Waals surface area contributed by atoms with Gasteiger partial charge in [-0.1, -0.05) is 31.1 Å². The Labute approximate surface area is 136 Å². The molecule has 5 nitrogen and oxygen atoms in total. The number of carbonyl (C=O) groups excluding carboxylic acids is 1. The molecule has 1 fully saturated rings. The average molecular weight is 316 g/mol. The van der Waals surface area contributed by atoms with E-state index >= 15 is 0 Å². The van der Waals surface area contributed by atoms with Gasteiger partial charge < -0.3 is 14.2 Å². The van der Waals surface area contributed by atoms with Gasteiger partial charge in [-0.3, -0.25) is 4.79 Å². The van der Waals surface area contributed by atoms with E-state index in [1.165, 1.54) is 0 Å². The molecule has 1 heterocycles. The first-order valence-corrected chi connectivity index (χ1v) is 7.94. The van der Waals surface area contributed by atoms with Gasteiger partial charge in [0.1, 0.15) is 5.69 Å². The number of hydrogen-bond donors (Lipinski definition) is 0. The van der Waals surface area contributed by atoms with Crippen LogP contribution in [0.3, 0.4) is 0 Å². The normalized spacial score (nSPS) is 26.0. The Bertz CT molecular complexity index is 737. The van der Waals surface area contributed by atoms with Crippen LogP contribution < -0.4 is 0 Å². The van der Waals surface area contributed by atoms with Gasteiger partial charge >= 0.3 is 0 Å². The highest BCUT2D eigenvalue weighted by Gasteiger charge is 2.59. The van der Waals surface area contributed by atoms with Crippen molar-refractivity contribution in [1.82, 2.24) is 10.1 Å². The summed E-state index contributed by atoms with van der Waals surface area (Å²) in [6.07, 6.45) is 1.10. The smallest absolute Gasteiger partial charge is 0.228 e. The maximum Gasteiger partial charge on any atom is 0.228 e. The van der Waals surface area contributed by atoms with Gasteiger partial charge in [0.25, 0.3) is 0 Å². The summed E-state index contributed by atoms with van der Waals surface area (Å²) in [7, 11) is 3.60. The molecule has 1 aromatic carbocycles. The van der Waals surface area contributed by atoms with E-state index in [1.807, 2.05) is 36.2 Å². The molecule has 1 aliphatic carbocycles. The second-order valence-corrected chi connectivity index (χ2v) is 7.18. The molecule has 2 aromatic rings. The van der Waals surface area contributed by atoms with E-state index in [-0.39, 0.29) is 29.4 Å². The van der Waals surface area contributed by atoms with Crippen LogP contribution in [0, 0.1) is 5.41 Å². The van der Waals surface area contributed by atoms with Gasteiger partial charge in [-0.15, -0.1) is 0 Å². The van der Waals surface area contributed by atoms with Crippen LogP contribution in [0.2, 0.25) is 0 Å². The number of benzene rings is 1. The Hall–Kier alpha value is -1.88. The van der Waals surface area contributed by atoms with Crippen molar-refractivity contribution in [1.29, 1.82) is 0 Å². The molecule has 2 atom stereocenters. The quantitative estimate of drug-likeness (QED) is 0.870. The van der Waals surface area contributed by atoms with E-state index in [2.05, 4.69) is 25.9 Å². The van der Waals surface area contributed by atoms with Gasteiger partial charge in [0.05, 0.1) is 12.0 Å². The van der Waals surface area contributed by atoms with Gasteiger partial charge in [-0.05, 0) is 25.5 Å². The Kier molecular flexibility index (Phi) is 3.71. The molecule has 0 unspecified atom stereocenters. The summed E-state index contributed by atoms with van der Waals surface area (Å²) in [5.41, 5.74) is 1.14. The van der Waals surface area contributed by atoms with E-state index in [9.17, 15) is 4.79 Å². The van der Waals surface area contributed by atoms with E-state index in [1.54, 1.807) is 7.11 Å². The van der Waals surface area contributed by atoms with Crippen molar-refractivity contribution in [3.63, 3.8) is 0 Å². The first-order valence-electron chi connectivity index (χ1n) is 7.94. The highest BCUT2D eigenvalue weighted by Crippen LogP contribution is 2.53. The lowest BCUT2D eigenvalue weighted by molar-refractivity contribution is -0.207. The summed E-state index contributed by atoms with van der Waals surface area (Å²) < 4.78 is 10.9. The number of aromatic nitrogens is 1. The summed E-state index contributed by atoms with van der Waals surface area (Å²) in [5.74, 6) is 0.0558. The number of para-hydroxylation sites is 1. The zero-order valence-electron chi connectivity index (χ0n) is 14.4. The Morgan fingerprint density at radius 3 is 2.74 bits per heavy atom. The van der Waals surface area contributed by atoms with Crippen molar-refractivity contribution in [2.45, 2.75) is 45.3 Å². The molecule has 1 aromatic heterocycles. The third-order valence-corrected chi connectivity index (χ3v) is 5.86. The zero-order chi connectivity index (χ0) is 16.8. The highest BCUT2D eigenvalue weighted by molar-refractivity contribution is 5.86. The molecule has 124 valence electrons. The standard InChI is InChI=1S/C18H24N2O3/c1-17(2)15(11-18(17,3)22-5)20(4)16(21)10-13-12-8-6-7-9-14(12)23-19-13/h6-9,15H,10-11H2,1-5H3/t15-,18+/m1/s1. The molecule has 0 saturated heterocycles. The van der Waals surface area contributed by atoms with Crippen LogP contribution in [0.5, 0.6) is 0 Å². The minimum atomic E-state index is -0.188. The monoisotopic (exact) mass is 316 g/mol. The molecule has 23 heavy (non-hydrogen) atoms. The number of hydrogen-bond acceptors (Lipinski definition) is 4. The van der Waals surface area contributed by atoms with Crippen molar-refractivity contribution in [3.05, 3.63) is 30.0 Å². The number of ether oxygens (including phenoxy) is 1. The van der Waals surface area contributed by atoms with Crippen molar-refractivity contribution in [2.75, 3.05) is 14.2 Å². The molecular weight excluding hydrogens is 292 g/mol. The average Bonchev–Trinajstić information content (AvgIpc) is 2.94. The van der Waals surface area contributed by atoms with Crippen LogP contribution in [0.15, 0.2) is 28.8 Å². The molecule has 0 radical (unpaired) electrons. The fourth-order valence-electron chi connectivity index (χ4n) is 3.58. The summed E-state index contributed by atoms with van der Waals surface area (Å²) in [5, 5.41) is 4.96. The molecule has 3 rings (SSSR count). The summed E-state index contributed by atoms with van der Waals surface area (Å²) in [6, 6.07) is 7.78. The minimum Gasteiger partial charge on any atom is -0.378 e. The molecular formula is C18H24N2O3. The van der Waals surface area contributed by atoms with Crippen LogP contribution in [-0.4, -0.2) is 41.8 Å². The van der Waals surface area contributed by atoms with Crippen LogP contribution in [0.1, 0.15) is 32.9 Å². The lowest BCUT2D eigenvalue weighted by atomic mass is 9.55. The molecule has 0 bridgehead atoms. The predicted octanol–water partition coefficient (Wildman–Crippen LogP) is 3.03. The molecule has 1 saturated carbocycles. The molecule has 1 amide bonds. The number of methoxy groups -OCH3 is 1. The zero-order valence-corrected chi connectivity index (χ0v) is 14.4. The number of rotatable bonds is 4. The topological polar surface area (TPSA) is 55.6 Å². The number of carbonyl (C=O) groups is 1. The second-order valence-electron chi connectivity index (χ2n) is 7.18. The van der Waals surface area contributed by atoms with Crippen LogP contribution in [-0.2, 0) is 16.0 Å². The summed E-state index contributed by atoms with van der Waals surface area (Å²) in [6.45, 7) is 6.41. The van der Waals surface area contributed by atoms with E-state index in [4.69, 9.17) is 9.26 Å². The van der Waals surface area contributed by atoms with Crippen LogP contribution in [0.4, 0.5) is 0 Å². The Balaban J connectivity index is 1.74. The fraction of sp³-hybridized carbons (Fsp3) is 0.556. The second kappa shape index (κ2) is 5.34. The summed E-state index contributed by atoms with van der Waals surface area (Å²) in [4.78, 5) is 14.5. The van der Waals surface area contributed by atoms with Gasteiger partial charge in [0.2, 0.25) is 5.91 Å². The maximum atomic E-state index is 12.7. The van der Waals surface area contributed by atoms with Gasteiger partial charge in [-0.2, -0.15) is 0 Å². The Morgan fingerprint density at radius 1 is 1.39 bits per heavy atom. The lowest BCUT2D eigenvalue weighted by Gasteiger charge is -2.61. The minimum absolute atomic E-state index is 0.0558. The highest BCUT2D eigenvalue weighted by atomic mass is 16.5. The predicted molar refractivity (Wildman–Crippen MR) is 88.1 cm³/mol. The third-order valence-electron chi connectivity index (χ3n) is 5.86. The van der Waals surface area contributed by atoms with Crippen LogP contribution >= 0.6 is 0 Å². The third kappa shape index (κ3) is 2.34. The van der Waals surface area contributed by atoms with E-state index in [0.717, 1.165) is 11.8 Å². The maximum absolute atomic E-state index is 12.7. The number of amides is 1. The van der Waals surface area contributed by atoms with Crippen molar-refractivity contribution < 1.29 is 14.1 Å². The number of likely N-dealkylation sites (N-methyl/N-ethyl adjacent to an activating group) is 1. The van der Waals surface area contributed by atoms with E-state index < -0.39 is 0 Å². The van der Waals surface area contributed by atoms with Gasteiger partial charge in [0.15, 0.2) is 5.58 Å². The van der Waals surface area contributed by atoms with Crippen molar-refractivity contribution >= 4 is 16.9 Å². The Morgan fingerprint density at radius 2 is 2.09 bits per heavy atom. The van der Waals surface area contributed by atoms with Gasteiger partial charge in [-0.25, -0.2) is 0 Å². The molecule has 0 N–H and O–H groups in total. The fourth-order valence-corrected chi connectivity index (χ4v) is 3.58. The van der Waals surface area contributed by atoms with E-state index in [0.29, 0.717) is 11.3 Å². The summed E-state index contributed by atoms with van der Waals surface area (Å²) >= 11 is 0. The number of nitrogens with zero attached hydrogens (tertiary/aromatic N) is 2. The molecule has 1 aliphatic rings. The first-order chi connectivity index (χ1) is 10.8. The first kappa shape index (κ1) is 16.0. The number of fused-ring (bicyclic) bond motifs is 1.